The van der Waals surface area contributed by atoms with Crippen molar-refractivity contribution in [1.29, 1.82) is 0 Å². The van der Waals surface area contributed by atoms with Crippen LogP contribution in [0.15, 0.2) is 39.9 Å². The van der Waals surface area contributed by atoms with E-state index in [0.717, 1.165) is 51.4 Å². The van der Waals surface area contributed by atoms with Crippen LogP contribution in [-0.2, 0) is 18.3 Å². The van der Waals surface area contributed by atoms with E-state index in [1.54, 1.807) is 7.05 Å². The molecule has 1 aliphatic rings. The highest BCUT2D eigenvalue weighted by Crippen LogP contribution is 2.17. The lowest BCUT2D eigenvalue weighted by atomic mass is 10.2. The molecule has 29 heavy (non-hydrogen) atoms. The van der Waals surface area contributed by atoms with Gasteiger partial charge in [0.1, 0.15) is 0 Å². The predicted octanol–water partition coefficient (Wildman–Crippen LogP) is 0.606. The minimum atomic E-state index is -0.467. The molecular formula is C20H26N6O3. The molecule has 9 nitrogen and oxygen atoms in total. The Morgan fingerprint density at radius 1 is 1.17 bits per heavy atom. The number of anilines is 1. The lowest BCUT2D eigenvalue weighted by molar-refractivity contribution is 0.0378. The smallest absolute Gasteiger partial charge is 0.329 e. The molecule has 1 aromatic carbocycles. The molecule has 9 heteroatoms. The monoisotopic (exact) mass is 398 g/mol. The third-order valence-electron chi connectivity index (χ3n) is 5.23. The third kappa shape index (κ3) is 4.25. The first-order valence-electron chi connectivity index (χ1n) is 9.91. The van der Waals surface area contributed by atoms with Gasteiger partial charge in [0.25, 0.3) is 5.56 Å². The van der Waals surface area contributed by atoms with E-state index in [1.807, 2.05) is 34.9 Å². The number of benzene rings is 1. The maximum atomic E-state index is 12.5. The van der Waals surface area contributed by atoms with E-state index >= 15 is 0 Å². The van der Waals surface area contributed by atoms with Crippen LogP contribution in [0.3, 0.4) is 0 Å². The zero-order valence-corrected chi connectivity index (χ0v) is 16.6. The predicted molar refractivity (Wildman–Crippen MR) is 112 cm³/mol. The number of aromatic amines is 1. The Hall–Kier alpha value is -2.91. The van der Waals surface area contributed by atoms with Crippen LogP contribution in [0.5, 0.6) is 0 Å². The van der Waals surface area contributed by atoms with Crippen LogP contribution in [-0.4, -0.2) is 63.4 Å². The third-order valence-corrected chi connectivity index (χ3v) is 5.23. The van der Waals surface area contributed by atoms with Crippen molar-refractivity contribution in [2.24, 2.45) is 7.05 Å². The van der Waals surface area contributed by atoms with E-state index in [9.17, 15) is 9.59 Å². The van der Waals surface area contributed by atoms with Gasteiger partial charge in [-0.1, -0.05) is 30.3 Å². The topological polar surface area (TPSA) is 97.2 Å². The second-order valence-corrected chi connectivity index (χ2v) is 7.23. The maximum absolute atomic E-state index is 12.5. The number of aromatic nitrogens is 4. The van der Waals surface area contributed by atoms with Gasteiger partial charge in [-0.3, -0.25) is 23.8 Å². The number of imidazole rings is 1. The summed E-state index contributed by atoms with van der Waals surface area (Å²) in [5, 5.41) is 3.36. The van der Waals surface area contributed by atoms with E-state index in [1.165, 1.54) is 4.57 Å². The molecule has 1 aliphatic heterocycles. The second kappa shape index (κ2) is 8.62. The molecule has 2 N–H and O–H groups in total. The lowest BCUT2D eigenvalue weighted by Crippen LogP contribution is -2.37. The Balaban J connectivity index is 1.58. The number of fused-ring (bicyclic) bond motifs is 1. The summed E-state index contributed by atoms with van der Waals surface area (Å²) in [6.45, 7) is 5.70. The largest absolute Gasteiger partial charge is 0.379 e. The van der Waals surface area contributed by atoms with E-state index in [0.29, 0.717) is 23.7 Å². The fourth-order valence-corrected chi connectivity index (χ4v) is 3.62. The number of hydrogen-bond donors (Lipinski definition) is 2. The summed E-state index contributed by atoms with van der Waals surface area (Å²) in [7, 11) is 1.61. The van der Waals surface area contributed by atoms with Gasteiger partial charge < -0.3 is 10.1 Å². The Bertz CT molecular complexity index is 1080. The molecule has 0 radical (unpaired) electrons. The molecule has 4 rings (SSSR count). The highest BCUT2D eigenvalue weighted by molar-refractivity contribution is 5.74. The zero-order valence-electron chi connectivity index (χ0n) is 16.6. The molecule has 154 valence electrons. The first-order chi connectivity index (χ1) is 14.1. The van der Waals surface area contributed by atoms with Crippen molar-refractivity contribution >= 4 is 17.1 Å². The van der Waals surface area contributed by atoms with Crippen LogP contribution in [0.25, 0.3) is 11.2 Å². The molecule has 0 unspecified atom stereocenters. The molecule has 1 fully saturated rings. The quantitative estimate of drug-likeness (QED) is 0.566. The molecular weight excluding hydrogens is 372 g/mol. The summed E-state index contributed by atoms with van der Waals surface area (Å²) >= 11 is 0. The summed E-state index contributed by atoms with van der Waals surface area (Å²) in [5.74, 6) is 0.595. The van der Waals surface area contributed by atoms with Gasteiger partial charge in [-0.15, -0.1) is 0 Å². The molecule has 0 bridgehead atoms. The van der Waals surface area contributed by atoms with Crippen LogP contribution in [0.4, 0.5) is 5.95 Å². The first kappa shape index (κ1) is 19.4. The van der Waals surface area contributed by atoms with Crippen LogP contribution in [0, 0.1) is 0 Å². The van der Waals surface area contributed by atoms with E-state index < -0.39 is 11.2 Å². The summed E-state index contributed by atoms with van der Waals surface area (Å²) < 4.78 is 8.60. The van der Waals surface area contributed by atoms with Crippen molar-refractivity contribution in [3.05, 3.63) is 56.7 Å². The minimum absolute atomic E-state index is 0.380. The molecule has 0 aliphatic carbocycles. The van der Waals surface area contributed by atoms with Crippen molar-refractivity contribution in [3.8, 4) is 0 Å². The number of aryl methyl sites for hydroxylation is 1. The van der Waals surface area contributed by atoms with Crippen molar-refractivity contribution in [2.45, 2.75) is 13.0 Å². The molecule has 1 saturated heterocycles. The number of ether oxygens (including phenoxy) is 1. The standard InChI is InChI=1S/C20H26N6O3/c1-24-17-16(18(27)23-20(24)28)26(14-15-6-3-2-4-7-15)19(22-17)21-8-5-9-25-10-12-29-13-11-25/h2-4,6-7H,5,8-14H2,1H3,(H,21,22)(H,23,27,28). The molecule has 0 atom stereocenters. The first-order valence-corrected chi connectivity index (χ1v) is 9.91. The molecule has 0 spiro atoms. The zero-order chi connectivity index (χ0) is 20.2. The molecule has 0 amide bonds. The van der Waals surface area contributed by atoms with Gasteiger partial charge in [0, 0.05) is 26.7 Å². The second-order valence-electron chi connectivity index (χ2n) is 7.23. The Morgan fingerprint density at radius 3 is 2.69 bits per heavy atom. The number of morpholine rings is 1. The summed E-state index contributed by atoms with van der Waals surface area (Å²) in [6.07, 6.45) is 0.948. The number of hydrogen-bond acceptors (Lipinski definition) is 6. The van der Waals surface area contributed by atoms with E-state index in [-0.39, 0.29) is 0 Å². The van der Waals surface area contributed by atoms with Crippen LogP contribution in [0.1, 0.15) is 12.0 Å². The number of nitrogens with zero attached hydrogens (tertiary/aromatic N) is 4. The Morgan fingerprint density at radius 2 is 1.93 bits per heavy atom. The van der Waals surface area contributed by atoms with Crippen LogP contribution < -0.4 is 16.6 Å². The van der Waals surface area contributed by atoms with Gasteiger partial charge in [0.2, 0.25) is 5.95 Å². The summed E-state index contributed by atoms with van der Waals surface area (Å²) in [5.41, 5.74) is 0.937. The highest BCUT2D eigenvalue weighted by atomic mass is 16.5. The van der Waals surface area contributed by atoms with Crippen LogP contribution in [0.2, 0.25) is 0 Å². The number of nitrogens with one attached hydrogen (secondary N) is 2. The maximum Gasteiger partial charge on any atom is 0.329 e. The van der Waals surface area contributed by atoms with Crippen molar-refractivity contribution < 1.29 is 4.74 Å². The van der Waals surface area contributed by atoms with Gasteiger partial charge in [-0.05, 0) is 18.5 Å². The molecule has 0 saturated carbocycles. The van der Waals surface area contributed by atoms with Crippen molar-refractivity contribution in [1.82, 2.24) is 24.0 Å². The summed E-state index contributed by atoms with van der Waals surface area (Å²) in [4.78, 5) is 33.9. The number of H-pyrrole nitrogens is 1. The number of rotatable bonds is 7. The Kier molecular flexibility index (Phi) is 5.77. The Labute approximate surface area is 167 Å². The average molecular weight is 398 g/mol. The molecule has 2 aromatic heterocycles. The van der Waals surface area contributed by atoms with Crippen LogP contribution >= 0.6 is 0 Å². The molecule has 3 heterocycles. The van der Waals surface area contributed by atoms with Gasteiger partial charge in [0.15, 0.2) is 11.2 Å². The fraction of sp³-hybridized carbons (Fsp3) is 0.450. The van der Waals surface area contributed by atoms with Crippen molar-refractivity contribution in [2.75, 3.05) is 44.7 Å². The van der Waals surface area contributed by atoms with Gasteiger partial charge in [-0.2, -0.15) is 4.98 Å². The minimum Gasteiger partial charge on any atom is -0.379 e. The van der Waals surface area contributed by atoms with Gasteiger partial charge >= 0.3 is 5.69 Å². The van der Waals surface area contributed by atoms with Gasteiger partial charge in [-0.25, -0.2) is 4.79 Å². The van der Waals surface area contributed by atoms with Gasteiger partial charge in [0.05, 0.1) is 19.8 Å². The fourth-order valence-electron chi connectivity index (χ4n) is 3.62. The SMILES string of the molecule is Cn1c(=O)[nH]c(=O)c2c1nc(NCCCN1CCOCC1)n2Cc1ccccc1. The molecule has 3 aromatic rings. The lowest BCUT2D eigenvalue weighted by Gasteiger charge is -2.26. The highest BCUT2D eigenvalue weighted by Gasteiger charge is 2.17. The average Bonchev–Trinajstić information content (AvgIpc) is 3.10. The van der Waals surface area contributed by atoms with Crippen molar-refractivity contribution in [3.63, 3.8) is 0 Å². The van der Waals surface area contributed by atoms with E-state index in [2.05, 4.69) is 20.2 Å². The summed E-state index contributed by atoms with van der Waals surface area (Å²) in [6, 6.07) is 9.89. The normalized spacial score (nSPS) is 15.1. The van der Waals surface area contributed by atoms with E-state index in [4.69, 9.17) is 4.74 Å².